The van der Waals surface area contributed by atoms with Gasteiger partial charge >= 0.3 is 0 Å². The van der Waals surface area contributed by atoms with Crippen LogP contribution in [0.1, 0.15) is 13.8 Å². The molecule has 0 fully saturated rings. The molecule has 0 aliphatic carbocycles. The molecule has 0 N–H and O–H groups in total. The Morgan fingerprint density at radius 3 is 2.20 bits per heavy atom. The van der Waals surface area contributed by atoms with Crippen molar-refractivity contribution in [3.8, 4) is 0 Å². The summed E-state index contributed by atoms with van der Waals surface area (Å²) >= 11 is 0. The van der Waals surface area contributed by atoms with Gasteiger partial charge in [0.1, 0.15) is 5.03 Å². The quantitative estimate of drug-likeness (QED) is 0.535. The Morgan fingerprint density at radius 2 is 2.10 bits per heavy atom. The third-order valence-electron chi connectivity index (χ3n) is 1.03. The molecule has 0 saturated carbocycles. The van der Waals surface area contributed by atoms with Gasteiger partial charge in [0.15, 0.2) is 0 Å². The van der Waals surface area contributed by atoms with Crippen molar-refractivity contribution in [2.75, 3.05) is 7.05 Å². The van der Waals surface area contributed by atoms with Crippen LogP contribution in [0.5, 0.6) is 0 Å². The summed E-state index contributed by atoms with van der Waals surface area (Å²) in [5.74, 6) is 0. The Bertz CT molecular complexity index is 174. The second kappa shape index (κ2) is 4.28. The van der Waals surface area contributed by atoms with Crippen molar-refractivity contribution < 1.29 is 4.21 Å². The van der Waals surface area contributed by atoms with Gasteiger partial charge in [-0.05, 0) is 0 Å². The Balaban J connectivity index is 0.000000371. The van der Waals surface area contributed by atoms with E-state index >= 15 is 0 Å². The van der Waals surface area contributed by atoms with Crippen molar-refractivity contribution in [1.82, 2.24) is 4.90 Å². The van der Waals surface area contributed by atoms with Gasteiger partial charge in [-0.2, -0.15) is 0 Å². The van der Waals surface area contributed by atoms with Crippen LogP contribution in [-0.4, -0.2) is 16.2 Å². The molecule has 0 aromatic rings. The van der Waals surface area contributed by atoms with E-state index in [9.17, 15) is 4.21 Å². The first-order valence-electron chi connectivity index (χ1n) is 3.22. The van der Waals surface area contributed by atoms with Crippen molar-refractivity contribution >= 4 is 10.8 Å². The Labute approximate surface area is 64.7 Å². The highest BCUT2D eigenvalue weighted by atomic mass is 32.2. The highest BCUT2D eigenvalue weighted by Crippen LogP contribution is 2.12. The number of rotatable bonds is 0. The zero-order valence-corrected chi connectivity index (χ0v) is 7.44. The summed E-state index contributed by atoms with van der Waals surface area (Å²) < 4.78 is 10.7. The molecule has 58 valence electrons. The second-order valence-corrected chi connectivity index (χ2v) is 2.93. The minimum atomic E-state index is -0.947. The summed E-state index contributed by atoms with van der Waals surface area (Å²) in [5, 5.41) is 2.27. The maximum atomic E-state index is 10.7. The molecule has 0 spiro atoms. The third-order valence-corrected chi connectivity index (χ3v) is 2.16. The molecule has 1 rings (SSSR count). The molecule has 2 nitrogen and oxygen atoms in total. The van der Waals surface area contributed by atoms with Crippen molar-refractivity contribution in [3.05, 3.63) is 23.2 Å². The topological polar surface area (TPSA) is 20.3 Å². The van der Waals surface area contributed by atoms with Gasteiger partial charge in [-0.1, -0.05) is 20.4 Å². The summed E-state index contributed by atoms with van der Waals surface area (Å²) in [6.45, 7) is 7.58. The number of hydrogen-bond acceptors (Lipinski definition) is 2. The summed E-state index contributed by atoms with van der Waals surface area (Å²) in [4.78, 5) is 1.75. The normalized spacial score (nSPS) is 22.5. The van der Waals surface area contributed by atoms with E-state index in [1.807, 2.05) is 20.9 Å². The van der Waals surface area contributed by atoms with Crippen molar-refractivity contribution in [2.24, 2.45) is 0 Å². The summed E-state index contributed by atoms with van der Waals surface area (Å²) in [6, 6.07) is 0. The minimum Gasteiger partial charge on any atom is -0.343 e. The van der Waals surface area contributed by atoms with Crippen LogP contribution < -0.4 is 0 Å². The van der Waals surface area contributed by atoms with Crippen LogP contribution in [-0.2, 0) is 10.8 Å². The first kappa shape index (κ1) is 9.43. The molecule has 1 heterocycles. The van der Waals surface area contributed by atoms with Gasteiger partial charge in [-0.25, -0.2) is 4.21 Å². The molecule has 1 aliphatic heterocycles. The monoisotopic (exact) mass is 159 g/mol. The first-order chi connectivity index (χ1) is 4.72. The Morgan fingerprint density at radius 1 is 1.60 bits per heavy atom. The smallest absolute Gasteiger partial charge is 0.103 e. The first-order valence-corrected chi connectivity index (χ1v) is 4.44. The largest absolute Gasteiger partial charge is 0.343 e. The lowest BCUT2D eigenvalue weighted by atomic mass is 10.8. The molecule has 10 heavy (non-hydrogen) atoms. The number of hydrogen-bond donors (Lipinski definition) is 0. The summed E-state index contributed by atoms with van der Waals surface area (Å²) in [7, 11) is 0.876. The van der Waals surface area contributed by atoms with E-state index in [0.717, 1.165) is 0 Å². The van der Waals surface area contributed by atoms with E-state index in [0.29, 0.717) is 5.03 Å². The van der Waals surface area contributed by atoms with Crippen LogP contribution in [0.4, 0.5) is 0 Å². The summed E-state index contributed by atoms with van der Waals surface area (Å²) in [6.07, 6.45) is 1.75. The molecule has 0 radical (unpaired) electrons. The lowest BCUT2D eigenvalue weighted by molar-refractivity contribution is 0.613. The predicted octanol–water partition coefficient (Wildman–Crippen LogP) is 1.65. The molecule has 0 saturated heterocycles. The molecular weight excluding hydrogens is 146 g/mol. The highest BCUT2D eigenvalue weighted by Gasteiger charge is 2.10. The third kappa shape index (κ3) is 1.99. The van der Waals surface area contributed by atoms with Crippen molar-refractivity contribution in [2.45, 2.75) is 13.8 Å². The van der Waals surface area contributed by atoms with Crippen molar-refractivity contribution in [3.63, 3.8) is 0 Å². The Hall–Kier alpha value is -0.570. The maximum absolute atomic E-state index is 10.7. The predicted molar refractivity (Wildman–Crippen MR) is 45.5 cm³/mol. The fraction of sp³-hybridized carbons (Fsp3) is 0.429. The molecule has 0 aromatic heterocycles. The van der Waals surface area contributed by atoms with E-state index in [-0.39, 0.29) is 0 Å². The molecule has 0 aromatic carbocycles. The van der Waals surface area contributed by atoms with E-state index in [2.05, 4.69) is 6.58 Å². The minimum absolute atomic E-state index is 0.657. The van der Waals surface area contributed by atoms with Crippen molar-refractivity contribution in [1.29, 1.82) is 0 Å². The molecular formula is C7H13NOS. The molecule has 1 unspecified atom stereocenters. The molecule has 1 atom stereocenters. The molecule has 3 heteroatoms. The van der Waals surface area contributed by atoms with Gasteiger partial charge in [-0.15, -0.1) is 0 Å². The van der Waals surface area contributed by atoms with Crippen LogP contribution in [0.2, 0.25) is 0 Å². The second-order valence-electron chi connectivity index (χ2n) is 1.59. The van der Waals surface area contributed by atoms with Crippen LogP contribution >= 0.6 is 0 Å². The van der Waals surface area contributed by atoms with E-state index in [4.69, 9.17) is 0 Å². The Kier molecular flexibility index (Phi) is 4.03. The zero-order chi connectivity index (χ0) is 8.15. The lowest BCUT2D eigenvalue weighted by Gasteiger charge is -2.05. The van der Waals surface area contributed by atoms with E-state index < -0.39 is 10.8 Å². The fourth-order valence-corrected chi connectivity index (χ4v) is 1.25. The van der Waals surface area contributed by atoms with E-state index in [1.54, 1.807) is 16.5 Å². The van der Waals surface area contributed by atoms with Gasteiger partial charge in [-0.3, -0.25) is 0 Å². The maximum Gasteiger partial charge on any atom is 0.103 e. The van der Waals surface area contributed by atoms with Gasteiger partial charge < -0.3 is 4.90 Å². The van der Waals surface area contributed by atoms with Crippen LogP contribution in [0.15, 0.2) is 23.2 Å². The molecule has 0 amide bonds. The van der Waals surface area contributed by atoms with Gasteiger partial charge in [0, 0.05) is 18.7 Å². The molecule has 1 aliphatic rings. The lowest BCUT2D eigenvalue weighted by Crippen LogP contribution is -2.04. The SMILES string of the molecule is C=C1N(C)C=CS1=O.CC. The average molecular weight is 159 g/mol. The zero-order valence-electron chi connectivity index (χ0n) is 6.63. The van der Waals surface area contributed by atoms with Gasteiger partial charge in [0.2, 0.25) is 0 Å². The van der Waals surface area contributed by atoms with Crippen LogP contribution in [0.25, 0.3) is 0 Å². The van der Waals surface area contributed by atoms with Crippen LogP contribution in [0.3, 0.4) is 0 Å². The fourth-order valence-electron chi connectivity index (χ4n) is 0.450. The highest BCUT2D eigenvalue weighted by molar-refractivity contribution is 7.92. The van der Waals surface area contributed by atoms with Crippen LogP contribution in [0, 0.1) is 0 Å². The summed E-state index contributed by atoms with van der Waals surface area (Å²) in [5.41, 5.74) is 0. The number of nitrogens with zero attached hydrogens (tertiary/aromatic N) is 1. The standard InChI is InChI=1S/C5H7NOS.C2H6/c1-5-6(2)3-4-8(5)7;1-2/h3-4H,1H2,2H3;1-2H3. The average Bonchev–Trinajstić information content (AvgIpc) is 2.25. The van der Waals surface area contributed by atoms with Gasteiger partial charge in [0.25, 0.3) is 0 Å². The van der Waals surface area contributed by atoms with Gasteiger partial charge in [0.05, 0.1) is 10.8 Å². The van der Waals surface area contributed by atoms with E-state index in [1.165, 1.54) is 0 Å². The molecule has 0 bridgehead atoms.